The first kappa shape index (κ1) is 19.1. The van der Waals surface area contributed by atoms with Crippen LogP contribution in [-0.4, -0.2) is 42.4 Å². The number of ether oxygens (including phenoxy) is 1. The van der Waals surface area contributed by atoms with Crippen molar-refractivity contribution in [1.29, 1.82) is 0 Å². The number of hydrogen-bond acceptors (Lipinski definition) is 5. The number of amides is 1. The Balaban J connectivity index is 1.49. The van der Waals surface area contributed by atoms with E-state index in [0.29, 0.717) is 18.8 Å². The monoisotopic (exact) mass is 388 g/mol. The van der Waals surface area contributed by atoms with Crippen LogP contribution in [0.25, 0.3) is 11.3 Å². The van der Waals surface area contributed by atoms with Gasteiger partial charge in [0.15, 0.2) is 5.82 Å². The number of hydrogen-bond donors (Lipinski definition) is 1. The maximum Gasteiger partial charge on any atom is 0.255 e. The quantitative estimate of drug-likeness (QED) is 0.735. The highest BCUT2D eigenvalue weighted by Gasteiger charge is 2.13. The average molecular weight is 388 g/mol. The van der Waals surface area contributed by atoms with E-state index in [9.17, 15) is 4.79 Å². The minimum atomic E-state index is -0.126. The lowest BCUT2D eigenvalue weighted by molar-refractivity contribution is 0.102. The van der Waals surface area contributed by atoms with Gasteiger partial charge in [-0.3, -0.25) is 4.79 Å². The van der Waals surface area contributed by atoms with Crippen LogP contribution in [0.3, 0.4) is 0 Å². The van der Waals surface area contributed by atoms with Crippen LogP contribution in [0.5, 0.6) is 0 Å². The van der Waals surface area contributed by atoms with Crippen molar-refractivity contribution < 1.29 is 9.53 Å². The second-order valence-corrected chi connectivity index (χ2v) is 7.21. The number of benzene rings is 2. The van der Waals surface area contributed by atoms with Gasteiger partial charge >= 0.3 is 0 Å². The first-order chi connectivity index (χ1) is 14.1. The SMILES string of the molecule is Cc1ccc(C(=O)Nc2cccc(-c3ccc(N4CCOCC4)nn3)c2)cc1C. The van der Waals surface area contributed by atoms with E-state index in [2.05, 4.69) is 20.4 Å². The van der Waals surface area contributed by atoms with E-state index in [1.165, 1.54) is 5.56 Å². The molecule has 4 rings (SSSR count). The van der Waals surface area contributed by atoms with Crippen LogP contribution < -0.4 is 10.2 Å². The van der Waals surface area contributed by atoms with Crippen molar-refractivity contribution in [1.82, 2.24) is 10.2 Å². The molecule has 0 spiro atoms. The largest absolute Gasteiger partial charge is 0.378 e. The number of aryl methyl sites for hydroxylation is 2. The van der Waals surface area contributed by atoms with E-state index in [-0.39, 0.29) is 5.91 Å². The summed E-state index contributed by atoms with van der Waals surface area (Å²) in [6.45, 7) is 7.12. The van der Waals surface area contributed by atoms with Gasteiger partial charge in [0.1, 0.15) is 0 Å². The van der Waals surface area contributed by atoms with Crippen molar-refractivity contribution in [3.63, 3.8) is 0 Å². The molecule has 0 aliphatic carbocycles. The molecule has 0 saturated carbocycles. The maximum absolute atomic E-state index is 12.6. The van der Waals surface area contributed by atoms with Crippen molar-refractivity contribution in [3.05, 3.63) is 71.3 Å². The molecule has 3 aromatic rings. The van der Waals surface area contributed by atoms with E-state index in [1.54, 1.807) is 0 Å². The number of carbonyl (C=O) groups is 1. The zero-order valence-electron chi connectivity index (χ0n) is 16.7. The number of morpholine rings is 1. The minimum Gasteiger partial charge on any atom is -0.378 e. The molecular formula is C23H24N4O2. The summed E-state index contributed by atoms with van der Waals surface area (Å²) >= 11 is 0. The molecule has 6 nitrogen and oxygen atoms in total. The fourth-order valence-electron chi connectivity index (χ4n) is 3.28. The van der Waals surface area contributed by atoms with Crippen LogP contribution in [0.1, 0.15) is 21.5 Å². The Morgan fingerprint density at radius 3 is 2.52 bits per heavy atom. The first-order valence-corrected chi connectivity index (χ1v) is 9.75. The van der Waals surface area contributed by atoms with Gasteiger partial charge in [-0.05, 0) is 61.4 Å². The molecule has 6 heteroatoms. The molecule has 29 heavy (non-hydrogen) atoms. The first-order valence-electron chi connectivity index (χ1n) is 9.75. The standard InChI is InChI=1S/C23H24N4O2/c1-16-6-7-19(14-17(16)2)23(28)24-20-5-3-4-18(15-20)21-8-9-22(26-25-21)27-10-12-29-13-11-27/h3-9,14-15H,10-13H2,1-2H3,(H,24,28). The van der Waals surface area contributed by atoms with Crippen LogP contribution >= 0.6 is 0 Å². The third-order valence-electron chi connectivity index (χ3n) is 5.17. The Labute approximate surface area is 170 Å². The summed E-state index contributed by atoms with van der Waals surface area (Å²) in [6.07, 6.45) is 0. The normalized spacial score (nSPS) is 13.9. The third-order valence-corrected chi connectivity index (χ3v) is 5.17. The summed E-state index contributed by atoms with van der Waals surface area (Å²) in [5.41, 5.74) is 5.32. The molecule has 148 valence electrons. The molecule has 1 aliphatic rings. The van der Waals surface area contributed by atoms with E-state index < -0.39 is 0 Å². The van der Waals surface area contributed by atoms with Crippen molar-refractivity contribution in [3.8, 4) is 11.3 Å². The molecule has 1 aromatic heterocycles. The van der Waals surface area contributed by atoms with Gasteiger partial charge in [-0.15, -0.1) is 10.2 Å². The Hall–Kier alpha value is -3.25. The van der Waals surface area contributed by atoms with Gasteiger partial charge in [-0.25, -0.2) is 0 Å². The van der Waals surface area contributed by atoms with Crippen LogP contribution in [0.4, 0.5) is 11.5 Å². The second-order valence-electron chi connectivity index (χ2n) is 7.21. The van der Waals surface area contributed by atoms with Crippen LogP contribution in [0, 0.1) is 13.8 Å². The molecule has 1 fully saturated rings. The molecule has 1 amide bonds. The smallest absolute Gasteiger partial charge is 0.255 e. The highest BCUT2D eigenvalue weighted by Crippen LogP contribution is 2.23. The molecule has 0 atom stereocenters. The maximum atomic E-state index is 12.6. The van der Waals surface area contributed by atoms with Gasteiger partial charge in [0.25, 0.3) is 5.91 Å². The Morgan fingerprint density at radius 2 is 1.79 bits per heavy atom. The van der Waals surface area contributed by atoms with Gasteiger partial charge in [-0.2, -0.15) is 0 Å². The molecule has 2 heterocycles. The zero-order chi connectivity index (χ0) is 20.2. The van der Waals surface area contributed by atoms with Gasteiger partial charge in [0.05, 0.1) is 18.9 Å². The molecule has 1 N–H and O–H groups in total. The Morgan fingerprint density at radius 1 is 0.966 bits per heavy atom. The number of aromatic nitrogens is 2. The predicted molar refractivity (Wildman–Crippen MR) is 114 cm³/mol. The Kier molecular flexibility index (Phi) is 5.53. The fourth-order valence-corrected chi connectivity index (χ4v) is 3.28. The predicted octanol–water partition coefficient (Wildman–Crippen LogP) is 3.85. The number of nitrogens with zero attached hydrogens (tertiary/aromatic N) is 3. The minimum absolute atomic E-state index is 0.126. The fraction of sp³-hybridized carbons (Fsp3) is 0.261. The van der Waals surface area contributed by atoms with E-state index in [0.717, 1.165) is 41.4 Å². The number of anilines is 2. The van der Waals surface area contributed by atoms with Gasteiger partial charge in [0.2, 0.25) is 0 Å². The zero-order valence-corrected chi connectivity index (χ0v) is 16.7. The summed E-state index contributed by atoms with van der Waals surface area (Å²) in [5.74, 6) is 0.732. The summed E-state index contributed by atoms with van der Waals surface area (Å²) in [5, 5.41) is 11.7. The van der Waals surface area contributed by atoms with Crippen molar-refractivity contribution >= 4 is 17.4 Å². The molecular weight excluding hydrogens is 364 g/mol. The van der Waals surface area contributed by atoms with Gasteiger partial charge in [-0.1, -0.05) is 18.2 Å². The molecule has 1 saturated heterocycles. The molecule has 0 bridgehead atoms. The summed E-state index contributed by atoms with van der Waals surface area (Å²) in [4.78, 5) is 14.8. The topological polar surface area (TPSA) is 67.4 Å². The molecule has 0 radical (unpaired) electrons. The van der Waals surface area contributed by atoms with Crippen LogP contribution in [-0.2, 0) is 4.74 Å². The van der Waals surface area contributed by atoms with E-state index >= 15 is 0 Å². The number of carbonyl (C=O) groups excluding carboxylic acids is 1. The third kappa shape index (κ3) is 4.43. The van der Waals surface area contributed by atoms with Crippen molar-refractivity contribution in [2.45, 2.75) is 13.8 Å². The van der Waals surface area contributed by atoms with E-state index in [4.69, 9.17) is 4.74 Å². The lowest BCUT2D eigenvalue weighted by Gasteiger charge is -2.27. The highest BCUT2D eigenvalue weighted by molar-refractivity contribution is 6.04. The van der Waals surface area contributed by atoms with Crippen LogP contribution in [0.2, 0.25) is 0 Å². The Bertz CT molecular complexity index is 1010. The van der Waals surface area contributed by atoms with Gasteiger partial charge in [0, 0.05) is 29.9 Å². The van der Waals surface area contributed by atoms with E-state index in [1.807, 2.05) is 68.4 Å². The van der Waals surface area contributed by atoms with Crippen molar-refractivity contribution in [2.75, 3.05) is 36.5 Å². The summed E-state index contributed by atoms with van der Waals surface area (Å²) in [6, 6.07) is 17.3. The lowest BCUT2D eigenvalue weighted by Crippen LogP contribution is -2.36. The lowest BCUT2D eigenvalue weighted by atomic mass is 10.1. The van der Waals surface area contributed by atoms with Crippen LogP contribution in [0.15, 0.2) is 54.6 Å². The van der Waals surface area contributed by atoms with Gasteiger partial charge < -0.3 is 15.0 Å². The van der Waals surface area contributed by atoms with Crippen molar-refractivity contribution in [2.24, 2.45) is 0 Å². The molecule has 1 aliphatic heterocycles. The highest BCUT2D eigenvalue weighted by atomic mass is 16.5. The number of rotatable bonds is 4. The molecule has 2 aromatic carbocycles. The average Bonchev–Trinajstić information content (AvgIpc) is 2.76. The summed E-state index contributed by atoms with van der Waals surface area (Å²) < 4.78 is 5.38. The number of nitrogens with one attached hydrogen (secondary N) is 1. The molecule has 0 unspecified atom stereocenters. The summed E-state index contributed by atoms with van der Waals surface area (Å²) in [7, 11) is 0. The second kappa shape index (κ2) is 8.41.